The highest BCUT2D eigenvalue weighted by molar-refractivity contribution is 5.92. The van der Waals surface area contributed by atoms with Crippen LogP contribution in [-0.2, 0) is 17.7 Å². The number of nitrogens with one attached hydrogen (secondary N) is 1. The number of carbonyl (C=O) groups excluding carboxylic acids is 2. The van der Waals surface area contributed by atoms with Crippen molar-refractivity contribution in [1.29, 1.82) is 0 Å². The number of piperidine rings is 1. The molecule has 0 unspecified atom stereocenters. The highest BCUT2D eigenvalue weighted by Gasteiger charge is 2.23. The van der Waals surface area contributed by atoms with Crippen LogP contribution in [0, 0.1) is 5.92 Å². The van der Waals surface area contributed by atoms with Gasteiger partial charge in [0.05, 0.1) is 14.2 Å². The fourth-order valence-corrected chi connectivity index (χ4v) is 3.71. The van der Waals surface area contributed by atoms with Crippen molar-refractivity contribution in [2.45, 2.75) is 25.8 Å². The average Bonchev–Trinajstić information content (AvgIpc) is 2.78. The minimum atomic E-state index is -0.462. The van der Waals surface area contributed by atoms with E-state index in [0.29, 0.717) is 23.8 Å². The number of likely N-dealkylation sites (tertiary alicyclic amines) is 1. The van der Waals surface area contributed by atoms with Crippen molar-refractivity contribution >= 4 is 12.0 Å². The fourth-order valence-electron chi connectivity index (χ4n) is 3.71. The molecule has 0 aromatic heterocycles. The predicted octanol–water partition coefficient (Wildman–Crippen LogP) is 3.65. The number of rotatable bonds is 6. The van der Waals surface area contributed by atoms with Gasteiger partial charge >= 0.3 is 12.0 Å². The van der Waals surface area contributed by atoms with Gasteiger partial charge in [-0.2, -0.15) is 0 Å². The van der Waals surface area contributed by atoms with Crippen molar-refractivity contribution in [1.82, 2.24) is 10.2 Å². The first-order valence-electron chi connectivity index (χ1n) is 9.92. The summed E-state index contributed by atoms with van der Waals surface area (Å²) in [4.78, 5) is 26.3. The van der Waals surface area contributed by atoms with Crippen LogP contribution >= 0.6 is 0 Å². The van der Waals surface area contributed by atoms with Crippen molar-refractivity contribution in [3.05, 3.63) is 65.2 Å². The molecule has 1 saturated heterocycles. The predicted molar refractivity (Wildman–Crippen MR) is 111 cm³/mol. The van der Waals surface area contributed by atoms with E-state index in [4.69, 9.17) is 9.47 Å². The SMILES string of the molecule is COC(=O)c1cc(CNC(=O)N2CCC(Cc3ccccc3)CC2)ccc1OC. The molecule has 2 aromatic rings. The van der Waals surface area contributed by atoms with Gasteiger partial charge < -0.3 is 19.7 Å². The number of amides is 2. The maximum Gasteiger partial charge on any atom is 0.341 e. The number of methoxy groups -OCH3 is 2. The molecule has 0 saturated carbocycles. The molecular weight excluding hydrogens is 368 g/mol. The second kappa shape index (κ2) is 9.96. The zero-order chi connectivity index (χ0) is 20.6. The topological polar surface area (TPSA) is 67.9 Å². The zero-order valence-electron chi connectivity index (χ0n) is 17.0. The van der Waals surface area contributed by atoms with E-state index in [2.05, 4.69) is 29.6 Å². The van der Waals surface area contributed by atoms with Crippen LogP contribution in [0.4, 0.5) is 4.79 Å². The Morgan fingerprint density at radius 1 is 1.03 bits per heavy atom. The van der Waals surface area contributed by atoms with Crippen LogP contribution in [0.1, 0.15) is 34.3 Å². The van der Waals surface area contributed by atoms with Gasteiger partial charge in [0.2, 0.25) is 0 Å². The first-order valence-corrected chi connectivity index (χ1v) is 9.92. The third-order valence-electron chi connectivity index (χ3n) is 5.38. The molecule has 6 heteroatoms. The summed E-state index contributed by atoms with van der Waals surface area (Å²) in [5.41, 5.74) is 2.53. The third-order valence-corrected chi connectivity index (χ3v) is 5.38. The largest absolute Gasteiger partial charge is 0.496 e. The Kier molecular flexibility index (Phi) is 7.11. The van der Waals surface area contributed by atoms with E-state index in [1.807, 2.05) is 17.0 Å². The first-order chi connectivity index (χ1) is 14.1. The van der Waals surface area contributed by atoms with Crippen LogP contribution < -0.4 is 10.1 Å². The van der Waals surface area contributed by atoms with E-state index >= 15 is 0 Å². The van der Waals surface area contributed by atoms with Crippen molar-refractivity contribution in [2.24, 2.45) is 5.92 Å². The van der Waals surface area contributed by atoms with E-state index in [1.54, 1.807) is 12.1 Å². The van der Waals surface area contributed by atoms with E-state index in [-0.39, 0.29) is 6.03 Å². The summed E-state index contributed by atoms with van der Waals surface area (Å²) < 4.78 is 9.99. The van der Waals surface area contributed by atoms with E-state index < -0.39 is 5.97 Å². The maximum atomic E-state index is 12.5. The average molecular weight is 396 g/mol. The summed E-state index contributed by atoms with van der Waals surface area (Å²) in [6.45, 7) is 1.87. The number of nitrogens with zero attached hydrogens (tertiary/aromatic N) is 1. The molecule has 0 radical (unpaired) electrons. The fraction of sp³-hybridized carbons (Fsp3) is 0.391. The molecule has 1 aliphatic rings. The first kappa shape index (κ1) is 20.7. The molecule has 29 heavy (non-hydrogen) atoms. The molecule has 1 fully saturated rings. The number of hydrogen-bond acceptors (Lipinski definition) is 4. The quantitative estimate of drug-likeness (QED) is 0.757. The van der Waals surface area contributed by atoms with Crippen molar-refractivity contribution in [2.75, 3.05) is 27.3 Å². The molecule has 3 rings (SSSR count). The van der Waals surface area contributed by atoms with Crippen LogP contribution in [0.15, 0.2) is 48.5 Å². The smallest absolute Gasteiger partial charge is 0.341 e. The molecule has 154 valence electrons. The summed E-state index contributed by atoms with van der Waals surface area (Å²) in [6, 6.07) is 15.7. The van der Waals surface area contributed by atoms with Crippen LogP contribution in [0.25, 0.3) is 0 Å². The highest BCUT2D eigenvalue weighted by Crippen LogP contribution is 2.23. The number of esters is 1. The van der Waals surface area contributed by atoms with Crippen molar-refractivity contribution < 1.29 is 19.1 Å². The summed E-state index contributed by atoms with van der Waals surface area (Å²) in [5, 5.41) is 2.95. The maximum absolute atomic E-state index is 12.5. The number of hydrogen-bond donors (Lipinski definition) is 1. The van der Waals surface area contributed by atoms with Gasteiger partial charge in [-0.15, -0.1) is 0 Å². The van der Waals surface area contributed by atoms with Gasteiger partial charge in [0.1, 0.15) is 11.3 Å². The number of ether oxygens (including phenoxy) is 2. The van der Waals surface area contributed by atoms with Crippen molar-refractivity contribution in [3.63, 3.8) is 0 Å². The standard InChI is InChI=1S/C23H28N2O4/c1-28-21-9-8-19(15-20(21)22(26)29-2)16-24-23(27)25-12-10-18(11-13-25)14-17-6-4-3-5-7-17/h3-9,15,18H,10-14,16H2,1-2H3,(H,24,27). The zero-order valence-corrected chi connectivity index (χ0v) is 17.0. The van der Waals surface area contributed by atoms with E-state index in [9.17, 15) is 9.59 Å². The Hall–Kier alpha value is -3.02. The number of benzene rings is 2. The molecular formula is C23H28N2O4. The Bertz CT molecular complexity index is 830. The van der Waals surface area contributed by atoms with E-state index in [1.165, 1.54) is 19.8 Å². The number of urea groups is 1. The molecule has 6 nitrogen and oxygen atoms in total. The molecule has 1 aliphatic heterocycles. The monoisotopic (exact) mass is 396 g/mol. The lowest BCUT2D eigenvalue weighted by atomic mass is 9.90. The summed E-state index contributed by atoms with van der Waals surface area (Å²) in [5.74, 6) is 0.605. The van der Waals surface area contributed by atoms with Gasteiger partial charge in [0, 0.05) is 19.6 Å². The second-order valence-electron chi connectivity index (χ2n) is 7.31. The lowest BCUT2D eigenvalue weighted by molar-refractivity contribution is 0.0597. The molecule has 0 atom stereocenters. The number of carbonyl (C=O) groups is 2. The lowest BCUT2D eigenvalue weighted by Gasteiger charge is -2.32. The van der Waals surface area contributed by atoms with Crippen LogP contribution in [0.5, 0.6) is 5.75 Å². The van der Waals surface area contributed by atoms with Crippen LogP contribution in [0.3, 0.4) is 0 Å². The van der Waals surface area contributed by atoms with Crippen molar-refractivity contribution in [3.8, 4) is 5.75 Å². The van der Waals surface area contributed by atoms with Gasteiger partial charge in [0.15, 0.2) is 0 Å². The molecule has 1 heterocycles. The van der Waals surface area contributed by atoms with Gasteiger partial charge in [-0.3, -0.25) is 0 Å². The molecule has 0 bridgehead atoms. The Labute approximate surface area is 171 Å². The molecule has 2 aromatic carbocycles. The third kappa shape index (κ3) is 5.50. The Morgan fingerprint density at radius 3 is 2.41 bits per heavy atom. The molecule has 1 N–H and O–H groups in total. The molecule has 0 aliphatic carbocycles. The summed E-state index contributed by atoms with van der Waals surface area (Å²) in [7, 11) is 2.84. The Balaban J connectivity index is 1.49. The molecule has 0 spiro atoms. The highest BCUT2D eigenvalue weighted by atomic mass is 16.5. The minimum Gasteiger partial charge on any atom is -0.496 e. The normalized spacial score (nSPS) is 14.3. The van der Waals surface area contributed by atoms with Crippen LogP contribution in [0.2, 0.25) is 0 Å². The van der Waals surface area contributed by atoms with Gasteiger partial charge in [-0.05, 0) is 48.4 Å². The lowest BCUT2D eigenvalue weighted by Crippen LogP contribution is -2.44. The van der Waals surface area contributed by atoms with E-state index in [0.717, 1.165) is 37.9 Å². The van der Waals surface area contributed by atoms with Gasteiger partial charge in [-0.1, -0.05) is 36.4 Å². The second-order valence-corrected chi connectivity index (χ2v) is 7.31. The summed E-state index contributed by atoms with van der Waals surface area (Å²) >= 11 is 0. The summed E-state index contributed by atoms with van der Waals surface area (Å²) in [6.07, 6.45) is 3.09. The molecule has 2 amide bonds. The minimum absolute atomic E-state index is 0.0707. The Morgan fingerprint density at radius 2 is 1.76 bits per heavy atom. The van der Waals surface area contributed by atoms with Gasteiger partial charge in [0.25, 0.3) is 0 Å². The van der Waals surface area contributed by atoms with Crippen LogP contribution in [-0.4, -0.2) is 44.2 Å². The van der Waals surface area contributed by atoms with Gasteiger partial charge in [-0.25, -0.2) is 9.59 Å².